The van der Waals surface area contributed by atoms with Crippen molar-refractivity contribution in [2.24, 2.45) is 0 Å². The number of hydrogen-bond donors (Lipinski definition) is 4. The molecule has 0 unspecified atom stereocenters. The summed E-state index contributed by atoms with van der Waals surface area (Å²) in [6.07, 6.45) is 7.06. The molecular weight excluding hydrogens is 716 g/mol. The number of anilines is 2. The molecule has 1 saturated carbocycles. The summed E-state index contributed by atoms with van der Waals surface area (Å²) >= 11 is 1.46. The zero-order valence-corrected chi connectivity index (χ0v) is 31.1. The van der Waals surface area contributed by atoms with E-state index in [0.29, 0.717) is 28.4 Å². The van der Waals surface area contributed by atoms with Crippen molar-refractivity contribution in [3.05, 3.63) is 117 Å². The lowest BCUT2D eigenvalue weighted by Crippen LogP contribution is -2.41. The van der Waals surface area contributed by atoms with Crippen molar-refractivity contribution in [1.82, 2.24) is 9.80 Å². The number of benzene rings is 3. The summed E-state index contributed by atoms with van der Waals surface area (Å²) in [6.45, 7) is 0.177. The third kappa shape index (κ3) is 10.3. The number of thiophene rings is 1. The van der Waals surface area contributed by atoms with Gasteiger partial charge in [-0.1, -0.05) is 36.4 Å². The van der Waals surface area contributed by atoms with Gasteiger partial charge in [0.1, 0.15) is 11.5 Å². The van der Waals surface area contributed by atoms with Crippen LogP contribution in [0.2, 0.25) is 0 Å². The molecule has 0 spiro atoms. The molecule has 6 rings (SSSR count). The fraction of sp³-hybridized carbons (Fsp3) is 0.325. The molecule has 1 fully saturated rings. The second-order valence-corrected chi connectivity index (χ2v) is 14.6. The number of carbonyl (C=O) groups is 5. The molecule has 0 atom stereocenters. The highest BCUT2D eigenvalue weighted by Crippen LogP contribution is 2.39. The molecule has 11 nitrogen and oxygen atoms in total. The number of aromatic carboxylic acids is 1. The van der Waals surface area contributed by atoms with Crippen molar-refractivity contribution in [3.8, 4) is 0 Å². The van der Waals surface area contributed by atoms with E-state index in [1.54, 1.807) is 30.3 Å². The molecular formula is C40H43ClN4O7S. The van der Waals surface area contributed by atoms with Crippen LogP contribution in [0.15, 0.2) is 72.8 Å². The third-order valence-corrected chi connectivity index (χ3v) is 10.7. The molecule has 0 aliphatic heterocycles. The lowest BCUT2D eigenvalue weighted by molar-refractivity contribution is -0.144. The van der Waals surface area contributed by atoms with Crippen molar-refractivity contribution in [2.45, 2.75) is 64.0 Å². The topological polar surface area (TPSA) is 156 Å². The molecule has 278 valence electrons. The number of nitrogens with zero attached hydrogens (tertiary/aromatic N) is 2. The van der Waals surface area contributed by atoms with Crippen LogP contribution in [-0.2, 0) is 41.8 Å². The molecule has 3 amide bonds. The molecule has 2 aliphatic carbocycles. The second-order valence-electron chi connectivity index (χ2n) is 13.5. The Hall–Kier alpha value is -5.04. The zero-order valence-electron chi connectivity index (χ0n) is 29.4. The number of carboxylic acids is 2. The Labute approximate surface area is 318 Å². The number of carboxylic acid groups (broad SMARTS) is 2. The molecule has 1 heterocycles. The van der Waals surface area contributed by atoms with Gasteiger partial charge in [-0.3, -0.25) is 24.1 Å². The number of fused-ring (bicyclic) bond motifs is 1. The average molecular weight is 759 g/mol. The smallest absolute Gasteiger partial charge is 0.335 e. The highest BCUT2D eigenvalue weighted by molar-refractivity contribution is 7.17. The second kappa shape index (κ2) is 17.7. The van der Waals surface area contributed by atoms with Crippen LogP contribution in [0.3, 0.4) is 0 Å². The van der Waals surface area contributed by atoms with Gasteiger partial charge in [-0.25, -0.2) is 4.79 Å². The van der Waals surface area contributed by atoms with Crippen LogP contribution < -0.4 is 10.6 Å². The molecule has 1 aromatic heterocycles. The van der Waals surface area contributed by atoms with Crippen molar-refractivity contribution >= 4 is 64.1 Å². The molecule has 3 aromatic carbocycles. The lowest BCUT2D eigenvalue weighted by Gasteiger charge is -2.24. The standard InChI is InChI=1S/C40H42N4O7S.ClH/c1-43(24-35(46)47)34(45)23-44(31-19-20-31)22-27-5-4-6-29(21-27)37(48)42-39-36(32-7-2-3-8-33(32)52-39)38(49)41-30-17-13-26(14-18-30)10-9-25-11-15-28(16-12-25)40(50)51;/h4-6,11-18,21,31H,2-3,7-10,19-20,22-24H2,1H3,(H,41,49)(H,42,48)(H,46,47)(H,50,51);1H. The quantitative estimate of drug-likeness (QED) is 0.107. The summed E-state index contributed by atoms with van der Waals surface area (Å²) in [5.41, 5.74) is 5.82. The summed E-state index contributed by atoms with van der Waals surface area (Å²) < 4.78 is 0. The van der Waals surface area contributed by atoms with Crippen LogP contribution in [0, 0.1) is 0 Å². The minimum atomic E-state index is -1.06. The van der Waals surface area contributed by atoms with Crippen LogP contribution in [0.4, 0.5) is 10.7 Å². The number of carbonyl (C=O) groups excluding carboxylic acids is 3. The minimum absolute atomic E-state index is 0. The van der Waals surface area contributed by atoms with Gasteiger partial charge in [-0.15, -0.1) is 23.7 Å². The fourth-order valence-corrected chi connectivity index (χ4v) is 7.79. The van der Waals surface area contributed by atoms with Crippen molar-refractivity contribution < 1.29 is 34.2 Å². The van der Waals surface area contributed by atoms with Gasteiger partial charge in [0.15, 0.2) is 0 Å². The number of aryl methyl sites for hydroxylation is 3. The van der Waals surface area contributed by atoms with E-state index < -0.39 is 11.9 Å². The Kier molecular flexibility index (Phi) is 13.0. The van der Waals surface area contributed by atoms with E-state index in [0.717, 1.165) is 78.5 Å². The van der Waals surface area contributed by atoms with E-state index in [1.165, 1.54) is 23.3 Å². The maximum Gasteiger partial charge on any atom is 0.335 e. The molecule has 53 heavy (non-hydrogen) atoms. The number of hydrogen-bond acceptors (Lipinski definition) is 7. The summed E-state index contributed by atoms with van der Waals surface area (Å²) in [5, 5.41) is 24.8. The van der Waals surface area contributed by atoms with E-state index in [-0.39, 0.29) is 54.8 Å². The molecule has 0 saturated heterocycles. The largest absolute Gasteiger partial charge is 0.480 e. The first-order chi connectivity index (χ1) is 25.0. The molecule has 0 bridgehead atoms. The molecule has 2 aliphatic rings. The molecule has 4 aromatic rings. The van der Waals surface area contributed by atoms with Crippen LogP contribution in [-0.4, -0.2) is 75.9 Å². The summed E-state index contributed by atoms with van der Waals surface area (Å²) in [4.78, 5) is 66.8. The normalized spacial score (nSPS) is 13.4. The predicted octanol–water partition coefficient (Wildman–Crippen LogP) is 6.54. The van der Waals surface area contributed by atoms with Gasteiger partial charge in [-0.2, -0.15) is 0 Å². The first kappa shape index (κ1) is 39.2. The lowest BCUT2D eigenvalue weighted by atomic mass is 9.95. The number of likely N-dealkylation sites (N-methyl/N-ethyl adjacent to an activating group) is 1. The van der Waals surface area contributed by atoms with Crippen LogP contribution >= 0.6 is 23.7 Å². The summed E-state index contributed by atoms with van der Waals surface area (Å²) in [5.74, 6) is -2.88. The Bertz CT molecular complexity index is 1980. The summed E-state index contributed by atoms with van der Waals surface area (Å²) in [6, 6.07) is 22.0. The van der Waals surface area contributed by atoms with E-state index in [4.69, 9.17) is 10.2 Å². The Balaban J connectivity index is 0.00000541. The first-order valence-corrected chi connectivity index (χ1v) is 18.3. The SMILES string of the molecule is CN(CC(=O)O)C(=O)CN(Cc1cccc(C(=O)Nc2sc3c(c2C(=O)Nc2ccc(CCc4ccc(C(=O)O)cc4)cc2)CCCC3)c1)C1CC1.Cl. The van der Waals surface area contributed by atoms with E-state index >= 15 is 0 Å². The van der Waals surface area contributed by atoms with Crippen molar-refractivity contribution in [3.63, 3.8) is 0 Å². The van der Waals surface area contributed by atoms with Crippen molar-refractivity contribution in [2.75, 3.05) is 30.8 Å². The van der Waals surface area contributed by atoms with Gasteiger partial charge in [0.25, 0.3) is 11.8 Å². The van der Waals surface area contributed by atoms with E-state index in [1.807, 2.05) is 47.4 Å². The van der Waals surface area contributed by atoms with E-state index in [9.17, 15) is 24.0 Å². The maximum absolute atomic E-state index is 13.8. The van der Waals surface area contributed by atoms with E-state index in [2.05, 4.69) is 10.6 Å². The minimum Gasteiger partial charge on any atom is -0.480 e. The average Bonchev–Trinajstić information content (AvgIpc) is 3.91. The first-order valence-electron chi connectivity index (χ1n) is 17.5. The zero-order chi connectivity index (χ0) is 36.8. The van der Waals surface area contributed by atoms with Crippen LogP contribution in [0.1, 0.15) is 83.9 Å². The number of halogens is 1. The number of rotatable bonds is 15. The predicted molar refractivity (Wildman–Crippen MR) is 207 cm³/mol. The highest BCUT2D eigenvalue weighted by Gasteiger charge is 2.32. The number of amides is 3. The summed E-state index contributed by atoms with van der Waals surface area (Å²) in [7, 11) is 1.48. The van der Waals surface area contributed by atoms with Crippen molar-refractivity contribution in [1.29, 1.82) is 0 Å². The van der Waals surface area contributed by atoms with Gasteiger partial charge in [-0.05, 0) is 110 Å². The fourth-order valence-electron chi connectivity index (χ4n) is 6.51. The Morgan fingerprint density at radius 1 is 0.774 bits per heavy atom. The highest BCUT2D eigenvalue weighted by atomic mass is 35.5. The molecule has 4 N–H and O–H groups in total. The maximum atomic E-state index is 13.8. The van der Waals surface area contributed by atoms with Crippen LogP contribution in [0.25, 0.3) is 0 Å². The van der Waals surface area contributed by atoms with Gasteiger partial charge in [0.05, 0.1) is 17.7 Å². The third-order valence-electron chi connectivity index (χ3n) is 9.52. The van der Waals surface area contributed by atoms with Gasteiger partial charge in [0, 0.05) is 35.8 Å². The Morgan fingerprint density at radius 2 is 1.43 bits per heavy atom. The number of nitrogens with one attached hydrogen (secondary N) is 2. The van der Waals surface area contributed by atoms with Gasteiger partial charge in [0.2, 0.25) is 5.91 Å². The number of aliphatic carboxylic acids is 1. The van der Waals surface area contributed by atoms with Crippen LogP contribution in [0.5, 0.6) is 0 Å². The Morgan fingerprint density at radius 3 is 2.08 bits per heavy atom. The van der Waals surface area contributed by atoms with Gasteiger partial charge < -0.3 is 25.7 Å². The monoisotopic (exact) mass is 758 g/mol. The van der Waals surface area contributed by atoms with Gasteiger partial charge >= 0.3 is 11.9 Å². The molecule has 0 radical (unpaired) electrons. The molecule has 13 heteroatoms.